The molecular weight excluding hydrogens is 396 g/mol. The summed E-state index contributed by atoms with van der Waals surface area (Å²) in [6, 6.07) is 12.7. The van der Waals surface area contributed by atoms with Crippen LogP contribution in [0.15, 0.2) is 47.5 Å². The van der Waals surface area contributed by atoms with Crippen LogP contribution in [0.2, 0.25) is 5.02 Å². The smallest absolute Gasteiger partial charge is 0.279 e. The minimum absolute atomic E-state index is 0.327. The first-order valence-electron chi connectivity index (χ1n) is 8.75. The molecule has 5 nitrogen and oxygen atoms in total. The number of halogens is 1. The SMILES string of the molecule is CCn1c(-c2ccc(Cl)cc2)c(C)sc1=NC(=O)c1ccc(OC)c(OC)c1. The van der Waals surface area contributed by atoms with Gasteiger partial charge in [-0.05, 0) is 49.7 Å². The third-order valence-corrected chi connectivity index (χ3v) is 5.59. The number of hydrogen-bond donors (Lipinski definition) is 0. The quantitative estimate of drug-likeness (QED) is 0.590. The number of amides is 1. The maximum Gasteiger partial charge on any atom is 0.279 e. The zero-order chi connectivity index (χ0) is 20.3. The summed E-state index contributed by atoms with van der Waals surface area (Å²) >= 11 is 7.51. The van der Waals surface area contributed by atoms with E-state index < -0.39 is 0 Å². The molecule has 0 bridgehead atoms. The van der Waals surface area contributed by atoms with Gasteiger partial charge in [-0.3, -0.25) is 4.79 Å². The lowest BCUT2D eigenvalue weighted by molar-refractivity contribution is 0.0997. The van der Waals surface area contributed by atoms with E-state index in [1.807, 2.05) is 42.7 Å². The third kappa shape index (κ3) is 3.98. The lowest BCUT2D eigenvalue weighted by Crippen LogP contribution is -2.17. The molecule has 2 aromatic carbocycles. The van der Waals surface area contributed by atoms with E-state index in [0.29, 0.717) is 33.4 Å². The van der Waals surface area contributed by atoms with Crippen LogP contribution >= 0.6 is 22.9 Å². The van der Waals surface area contributed by atoms with Crippen molar-refractivity contribution in [1.29, 1.82) is 0 Å². The molecule has 146 valence electrons. The number of nitrogens with zero attached hydrogens (tertiary/aromatic N) is 2. The van der Waals surface area contributed by atoms with Gasteiger partial charge in [0, 0.05) is 22.0 Å². The molecule has 3 rings (SSSR count). The average Bonchev–Trinajstić information content (AvgIpc) is 3.02. The number of carbonyl (C=O) groups excluding carboxylic acids is 1. The summed E-state index contributed by atoms with van der Waals surface area (Å²) in [4.78, 5) is 18.9. The van der Waals surface area contributed by atoms with Crippen molar-refractivity contribution in [2.45, 2.75) is 20.4 Å². The summed E-state index contributed by atoms with van der Waals surface area (Å²) in [5, 5.41) is 0.688. The molecule has 0 unspecified atom stereocenters. The fourth-order valence-electron chi connectivity index (χ4n) is 2.99. The van der Waals surface area contributed by atoms with Gasteiger partial charge in [0.15, 0.2) is 16.3 Å². The Morgan fingerprint density at radius 2 is 1.79 bits per heavy atom. The van der Waals surface area contributed by atoms with Crippen LogP contribution in [0.5, 0.6) is 11.5 Å². The van der Waals surface area contributed by atoms with E-state index >= 15 is 0 Å². The van der Waals surface area contributed by atoms with Gasteiger partial charge >= 0.3 is 0 Å². The van der Waals surface area contributed by atoms with Gasteiger partial charge < -0.3 is 14.0 Å². The summed E-state index contributed by atoms with van der Waals surface area (Å²) < 4.78 is 12.5. The second-order valence-corrected chi connectivity index (χ2v) is 7.65. The van der Waals surface area contributed by atoms with Crippen LogP contribution in [0.1, 0.15) is 22.2 Å². The lowest BCUT2D eigenvalue weighted by Gasteiger charge is -2.08. The Kier molecular flexibility index (Phi) is 6.21. The number of benzene rings is 2. The molecule has 0 saturated carbocycles. The molecular formula is C21H21ClN2O3S. The van der Waals surface area contributed by atoms with E-state index in [1.54, 1.807) is 25.3 Å². The Bertz CT molecular complexity index is 1070. The van der Waals surface area contributed by atoms with Gasteiger partial charge in [0.05, 0.1) is 19.9 Å². The summed E-state index contributed by atoms with van der Waals surface area (Å²) in [7, 11) is 3.09. The molecule has 1 amide bonds. The number of aryl methyl sites for hydroxylation is 1. The Morgan fingerprint density at radius 3 is 2.39 bits per heavy atom. The molecule has 0 atom stereocenters. The Labute approximate surface area is 172 Å². The first kappa shape index (κ1) is 20.2. The first-order chi connectivity index (χ1) is 13.5. The average molecular weight is 417 g/mol. The first-order valence-corrected chi connectivity index (χ1v) is 9.95. The molecule has 1 heterocycles. The van der Waals surface area contributed by atoms with E-state index in [0.717, 1.165) is 16.1 Å². The zero-order valence-corrected chi connectivity index (χ0v) is 17.7. The van der Waals surface area contributed by atoms with E-state index in [9.17, 15) is 4.79 Å². The van der Waals surface area contributed by atoms with Gasteiger partial charge in [0.25, 0.3) is 5.91 Å². The van der Waals surface area contributed by atoms with E-state index in [2.05, 4.69) is 4.99 Å². The van der Waals surface area contributed by atoms with Crippen LogP contribution < -0.4 is 14.3 Å². The lowest BCUT2D eigenvalue weighted by atomic mass is 10.1. The van der Waals surface area contributed by atoms with Crippen molar-refractivity contribution in [3.8, 4) is 22.8 Å². The number of aromatic nitrogens is 1. The molecule has 3 aromatic rings. The Balaban J connectivity index is 2.06. The zero-order valence-electron chi connectivity index (χ0n) is 16.2. The van der Waals surface area contributed by atoms with Crippen molar-refractivity contribution in [1.82, 2.24) is 4.57 Å². The van der Waals surface area contributed by atoms with Crippen molar-refractivity contribution >= 4 is 28.8 Å². The van der Waals surface area contributed by atoms with Crippen molar-refractivity contribution in [2.75, 3.05) is 14.2 Å². The molecule has 0 N–H and O–H groups in total. The predicted octanol–water partition coefficient (Wildman–Crippen LogP) is 4.96. The van der Waals surface area contributed by atoms with Gasteiger partial charge in [-0.25, -0.2) is 0 Å². The molecule has 0 radical (unpaired) electrons. The molecule has 0 fully saturated rings. The predicted molar refractivity (Wildman–Crippen MR) is 113 cm³/mol. The molecule has 0 aliphatic heterocycles. The van der Waals surface area contributed by atoms with Crippen LogP contribution in [0.25, 0.3) is 11.3 Å². The van der Waals surface area contributed by atoms with Gasteiger partial charge in [-0.2, -0.15) is 4.99 Å². The summed E-state index contributed by atoms with van der Waals surface area (Å²) in [5.74, 6) is 0.739. The fraction of sp³-hybridized carbons (Fsp3) is 0.238. The highest BCUT2D eigenvalue weighted by atomic mass is 35.5. The molecule has 0 spiro atoms. The standard InChI is InChI=1S/C21H21ClN2O3S/c1-5-24-19(14-6-9-16(22)10-7-14)13(2)28-21(24)23-20(25)15-8-11-17(26-3)18(12-15)27-4/h6-12H,5H2,1-4H3. The van der Waals surface area contributed by atoms with Crippen LogP contribution in [0.4, 0.5) is 0 Å². The van der Waals surface area contributed by atoms with Gasteiger partial charge in [0.2, 0.25) is 0 Å². The Hall–Kier alpha value is -2.57. The van der Waals surface area contributed by atoms with Crippen LogP contribution in [0, 0.1) is 6.92 Å². The van der Waals surface area contributed by atoms with Crippen molar-refractivity contribution < 1.29 is 14.3 Å². The second-order valence-electron chi connectivity index (χ2n) is 6.03. The summed E-state index contributed by atoms with van der Waals surface area (Å²) in [6.07, 6.45) is 0. The monoisotopic (exact) mass is 416 g/mol. The normalized spacial score (nSPS) is 11.5. The van der Waals surface area contributed by atoms with Gasteiger partial charge in [0.1, 0.15) is 0 Å². The maximum absolute atomic E-state index is 12.8. The van der Waals surface area contributed by atoms with Crippen molar-refractivity contribution in [3.63, 3.8) is 0 Å². The number of methoxy groups -OCH3 is 2. The highest BCUT2D eigenvalue weighted by Gasteiger charge is 2.14. The second kappa shape index (κ2) is 8.63. The number of rotatable bonds is 5. The van der Waals surface area contributed by atoms with Gasteiger partial charge in [-0.15, -0.1) is 11.3 Å². The maximum atomic E-state index is 12.8. The van der Waals surface area contributed by atoms with E-state index in [-0.39, 0.29) is 5.91 Å². The number of thiazole rings is 1. The third-order valence-electron chi connectivity index (χ3n) is 4.34. The summed E-state index contributed by atoms with van der Waals surface area (Å²) in [6.45, 7) is 4.76. The fourth-order valence-corrected chi connectivity index (χ4v) is 4.17. The van der Waals surface area contributed by atoms with Crippen LogP contribution in [0.3, 0.4) is 0 Å². The Morgan fingerprint density at radius 1 is 1.11 bits per heavy atom. The molecule has 0 aliphatic rings. The molecule has 28 heavy (non-hydrogen) atoms. The van der Waals surface area contributed by atoms with E-state index in [1.165, 1.54) is 18.4 Å². The van der Waals surface area contributed by atoms with Crippen molar-refractivity contribution in [3.05, 3.63) is 62.7 Å². The highest BCUT2D eigenvalue weighted by molar-refractivity contribution is 7.09. The van der Waals surface area contributed by atoms with E-state index in [4.69, 9.17) is 21.1 Å². The number of hydrogen-bond acceptors (Lipinski definition) is 4. The topological polar surface area (TPSA) is 52.8 Å². The minimum Gasteiger partial charge on any atom is -0.493 e. The number of ether oxygens (including phenoxy) is 2. The minimum atomic E-state index is -0.327. The van der Waals surface area contributed by atoms with Crippen molar-refractivity contribution in [2.24, 2.45) is 4.99 Å². The molecule has 7 heteroatoms. The molecule has 1 aromatic heterocycles. The number of carbonyl (C=O) groups is 1. The largest absolute Gasteiger partial charge is 0.493 e. The molecule has 0 saturated heterocycles. The van der Waals surface area contributed by atoms with Gasteiger partial charge in [-0.1, -0.05) is 23.7 Å². The highest BCUT2D eigenvalue weighted by Crippen LogP contribution is 2.28. The van der Waals surface area contributed by atoms with Crippen LogP contribution in [-0.4, -0.2) is 24.7 Å². The van der Waals surface area contributed by atoms with Crippen LogP contribution in [-0.2, 0) is 6.54 Å². The summed E-state index contributed by atoms with van der Waals surface area (Å²) in [5.41, 5.74) is 2.53. The molecule has 0 aliphatic carbocycles.